The first kappa shape index (κ1) is 41.3. The summed E-state index contributed by atoms with van der Waals surface area (Å²) >= 11 is 0. The number of fused-ring (bicyclic) bond motifs is 7. The summed E-state index contributed by atoms with van der Waals surface area (Å²) in [5, 5.41) is 12.0. The van der Waals surface area contributed by atoms with Crippen LogP contribution in [-0.4, -0.2) is 53.3 Å². The van der Waals surface area contributed by atoms with Crippen LogP contribution in [0.25, 0.3) is 0 Å². The van der Waals surface area contributed by atoms with Gasteiger partial charge in [0.2, 0.25) is 5.78 Å². The molecule has 1 N–H and O–H groups in total. The molecule has 6 unspecified atom stereocenters. The Hall–Kier alpha value is -1.83. The highest BCUT2D eigenvalue weighted by Crippen LogP contribution is 2.69. The lowest BCUT2D eigenvalue weighted by Gasteiger charge is -2.59. The van der Waals surface area contributed by atoms with E-state index in [1.807, 2.05) is 6.08 Å². The monoisotopic (exact) mass is 725 g/mol. The molecule has 5 aliphatic rings. The molecule has 294 valence electrons. The Morgan fingerprint density at radius 2 is 1.60 bits per heavy atom. The summed E-state index contributed by atoms with van der Waals surface area (Å²) in [6.45, 7) is 17.5. The summed E-state index contributed by atoms with van der Waals surface area (Å²) in [6, 6.07) is 0. The molecule has 1 aliphatic heterocycles. The number of hydrogen-bond acceptors (Lipinski definition) is 7. The van der Waals surface area contributed by atoms with E-state index in [0.29, 0.717) is 31.6 Å². The van der Waals surface area contributed by atoms with Gasteiger partial charge >= 0.3 is 5.97 Å². The van der Waals surface area contributed by atoms with Gasteiger partial charge in [-0.3, -0.25) is 14.4 Å². The van der Waals surface area contributed by atoms with Crippen LogP contribution in [0.4, 0.5) is 0 Å². The van der Waals surface area contributed by atoms with Gasteiger partial charge in [0.1, 0.15) is 0 Å². The molecule has 0 radical (unpaired) electrons. The molecule has 0 spiro atoms. The van der Waals surface area contributed by atoms with Gasteiger partial charge in [-0.2, -0.15) is 0 Å². The first-order chi connectivity index (χ1) is 24.6. The molecule has 7 nitrogen and oxygen atoms in total. The molecule has 0 aromatic carbocycles. The van der Waals surface area contributed by atoms with E-state index >= 15 is 0 Å². The molecule has 1 saturated heterocycles. The molecule has 12 atom stereocenters. The number of esters is 1. The topological polar surface area (TPSA) is 99.1 Å². The Bertz CT molecular complexity index is 1320. The predicted octanol–water partition coefficient (Wildman–Crippen LogP) is 9.73. The number of allylic oxidation sites excluding steroid dienone is 4. The van der Waals surface area contributed by atoms with Gasteiger partial charge in [0.15, 0.2) is 24.3 Å². The number of ether oxygens (including phenoxy) is 3. The van der Waals surface area contributed by atoms with Gasteiger partial charge in [-0.1, -0.05) is 131 Å². The average Bonchev–Trinajstić information content (AvgIpc) is 3.55. The first-order valence-corrected chi connectivity index (χ1v) is 21.3. The first-order valence-electron chi connectivity index (χ1n) is 21.3. The van der Waals surface area contributed by atoms with Crippen LogP contribution in [0, 0.1) is 52.3 Å². The van der Waals surface area contributed by atoms with Crippen LogP contribution in [0.15, 0.2) is 23.8 Å². The fourth-order valence-electron chi connectivity index (χ4n) is 11.5. The van der Waals surface area contributed by atoms with E-state index in [-0.39, 0.29) is 47.8 Å². The van der Waals surface area contributed by atoms with Crippen LogP contribution in [0.2, 0.25) is 0 Å². The summed E-state index contributed by atoms with van der Waals surface area (Å²) < 4.78 is 19.0. The van der Waals surface area contributed by atoms with Crippen molar-refractivity contribution in [3.05, 3.63) is 23.8 Å². The number of rotatable bonds is 19. The number of ketones is 2. The molecular formula is C45H72O7. The molecule has 3 saturated carbocycles. The molecule has 7 heteroatoms. The maximum absolute atomic E-state index is 14.5. The van der Waals surface area contributed by atoms with Gasteiger partial charge in [-0.25, -0.2) is 0 Å². The van der Waals surface area contributed by atoms with Crippen LogP contribution < -0.4 is 0 Å². The average molecular weight is 725 g/mol. The van der Waals surface area contributed by atoms with Crippen molar-refractivity contribution >= 4 is 17.5 Å². The van der Waals surface area contributed by atoms with Crippen molar-refractivity contribution < 1.29 is 33.7 Å². The fraction of sp³-hybridized carbons (Fsp3) is 0.844. The summed E-state index contributed by atoms with van der Waals surface area (Å²) in [5.41, 5.74) is -1.24. The lowest BCUT2D eigenvalue weighted by atomic mass is 9.46. The highest BCUT2D eigenvalue weighted by atomic mass is 16.7. The van der Waals surface area contributed by atoms with E-state index in [9.17, 15) is 19.5 Å². The van der Waals surface area contributed by atoms with Crippen molar-refractivity contribution in [2.45, 2.75) is 182 Å². The number of aliphatic hydroxyl groups excluding tert-OH is 1. The second-order valence-electron chi connectivity index (χ2n) is 18.9. The summed E-state index contributed by atoms with van der Waals surface area (Å²) in [6.07, 6.45) is 19.5. The normalized spacial score (nSPS) is 36.7. The zero-order valence-corrected chi connectivity index (χ0v) is 33.9. The molecule has 52 heavy (non-hydrogen) atoms. The Balaban J connectivity index is 1.14. The van der Waals surface area contributed by atoms with Crippen LogP contribution >= 0.6 is 0 Å². The molecule has 5 rings (SSSR count). The Labute approximate surface area is 315 Å². The van der Waals surface area contributed by atoms with Gasteiger partial charge in [0.05, 0.1) is 12.2 Å². The molecular weight excluding hydrogens is 652 g/mol. The van der Waals surface area contributed by atoms with Gasteiger partial charge in [-0.05, 0) is 79.8 Å². The quantitative estimate of drug-likeness (QED) is 0.133. The lowest BCUT2D eigenvalue weighted by Crippen LogP contribution is -2.63. The number of carbonyl (C=O) groups is 3. The van der Waals surface area contributed by atoms with Gasteiger partial charge in [0, 0.05) is 23.2 Å². The minimum Gasteiger partial charge on any atom is -0.458 e. The molecule has 0 bridgehead atoms. The molecule has 1 heterocycles. The van der Waals surface area contributed by atoms with E-state index in [1.165, 1.54) is 44.9 Å². The summed E-state index contributed by atoms with van der Waals surface area (Å²) in [4.78, 5) is 39.9. The maximum Gasteiger partial charge on any atom is 0.306 e. The second kappa shape index (κ2) is 17.3. The number of hydrogen-bond donors (Lipinski definition) is 1. The Morgan fingerprint density at radius 3 is 2.23 bits per heavy atom. The third kappa shape index (κ3) is 8.52. The number of Topliss-reactive ketones (excluding diaryl/α,β-unsaturated/α-hetero) is 1. The molecule has 0 aromatic heterocycles. The maximum atomic E-state index is 14.5. The third-order valence-corrected chi connectivity index (χ3v) is 14.4. The minimum atomic E-state index is -1.27. The van der Waals surface area contributed by atoms with Crippen molar-refractivity contribution in [1.82, 2.24) is 0 Å². The Kier molecular flexibility index (Phi) is 13.8. The van der Waals surface area contributed by atoms with Gasteiger partial charge in [0.25, 0.3) is 0 Å². The number of aliphatic hydroxyl groups is 1. The zero-order valence-electron chi connectivity index (χ0n) is 33.9. The van der Waals surface area contributed by atoms with Crippen molar-refractivity contribution in [1.29, 1.82) is 0 Å². The fourth-order valence-corrected chi connectivity index (χ4v) is 11.5. The second-order valence-corrected chi connectivity index (χ2v) is 18.9. The van der Waals surface area contributed by atoms with Crippen molar-refractivity contribution in [2.75, 3.05) is 6.61 Å². The van der Waals surface area contributed by atoms with E-state index < -0.39 is 34.9 Å². The number of carbonyl (C=O) groups excluding carboxylic acids is 3. The zero-order chi connectivity index (χ0) is 37.8. The third-order valence-electron chi connectivity index (χ3n) is 14.4. The summed E-state index contributed by atoms with van der Waals surface area (Å²) in [7, 11) is 0. The summed E-state index contributed by atoms with van der Waals surface area (Å²) in [5.74, 6) is 2.14. The van der Waals surface area contributed by atoms with Crippen LogP contribution in [0.5, 0.6) is 0 Å². The Morgan fingerprint density at radius 1 is 0.962 bits per heavy atom. The predicted molar refractivity (Wildman–Crippen MR) is 205 cm³/mol. The van der Waals surface area contributed by atoms with Crippen LogP contribution in [0.1, 0.15) is 158 Å². The van der Waals surface area contributed by atoms with E-state index in [2.05, 4.69) is 55.4 Å². The van der Waals surface area contributed by atoms with Crippen LogP contribution in [0.3, 0.4) is 0 Å². The largest absolute Gasteiger partial charge is 0.458 e. The lowest BCUT2D eigenvalue weighted by molar-refractivity contribution is -0.201. The standard InChI is InChI=1S/C45H72O7/c1-9-13-41-51-39-26-36-35-21-20-33-25-34(46)22-23-43(33,7)42(35)37(47)27-44(36,8)45(39,52-41)38(48)28-50-40(49)24-32(6)19-12-18-31(5)17-11-16-30(4)15-10-14-29(2)3/h22-23,25,29-32,35-37,39,41-42,47H,9-21,24,26-28H2,1-8H3/t30?,31?,32?,35?,36-,37-,39+,41?,42?,43-,44-,45+/m0/s1. The van der Waals surface area contributed by atoms with Crippen molar-refractivity contribution in [3.8, 4) is 0 Å². The van der Waals surface area contributed by atoms with Crippen molar-refractivity contribution in [2.24, 2.45) is 52.3 Å². The van der Waals surface area contributed by atoms with Crippen LogP contribution in [-0.2, 0) is 28.6 Å². The highest BCUT2D eigenvalue weighted by Gasteiger charge is 2.75. The minimum absolute atomic E-state index is 0.0157. The molecule has 0 aromatic rings. The van der Waals surface area contributed by atoms with E-state index in [1.54, 1.807) is 12.2 Å². The van der Waals surface area contributed by atoms with Gasteiger partial charge < -0.3 is 19.3 Å². The highest BCUT2D eigenvalue weighted by molar-refractivity contribution is 6.01. The van der Waals surface area contributed by atoms with Gasteiger partial charge in [-0.15, -0.1) is 0 Å². The molecule has 4 fully saturated rings. The SMILES string of the molecule is CCCC1O[C@@H]2C[C@H]3C4CCC5=CC(=O)C=C[C@]5(C)C4[C@@H](O)C[C@]3(C)[C@]2(C(=O)COC(=O)CC(C)CCCC(C)CCCC(C)CCCC(C)C)O1. The van der Waals surface area contributed by atoms with E-state index in [0.717, 1.165) is 49.5 Å². The smallest absolute Gasteiger partial charge is 0.306 e. The molecule has 4 aliphatic carbocycles. The van der Waals surface area contributed by atoms with E-state index in [4.69, 9.17) is 14.2 Å². The van der Waals surface area contributed by atoms with Crippen molar-refractivity contribution in [3.63, 3.8) is 0 Å². The molecule has 0 amide bonds.